The van der Waals surface area contributed by atoms with Gasteiger partial charge in [0.05, 0.1) is 5.69 Å². The summed E-state index contributed by atoms with van der Waals surface area (Å²) >= 11 is 0. The summed E-state index contributed by atoms with van der Waals surface area (Å²) in [7, 11) is 0. The second-order valence-corrected chi connectivity index (χ2v) is 7.36. The number of rotatable bonds is 3. The van der Waals surface area contributed by atoms with Gasteiger partial charge in [0.25, 0.3) is 0 Å². The molecule has 1 fully saturated rings. The number of ether oxygens (including phenoxy) is 2. The number of amides is 2. The predicted octanol–water partition coefficient (Wildman–Crippen LogP) is 2.85. The van der Waals surface area contributed by atoms with Gasteiger partial charge in [0.1, 0.15) is 13.2 Å². The lowest BCUT2D eigenvalue weighted by molar-refractivity contribution is 0.171. The minimum absolute atomic E-state index is 0.0694. The van der Waals surface area contributed by atoms with E-state index in [0.29, 0.717) is 43.5 Å². The average molecular weight is 406 g/mol. The summed E-state index contributed by atoms with van der Waals surface area (Å²) in [5.41, 5.74) is 1.59. The van der Waals surface area contributed by atoms with E-state index in [-0.39, 0.29) is 11.9 Å². The Hall–Kier alpha value is -3.62. The molecule has 2 aliphatic rings. The molecule has 1 atom stereocenters. The van der Waals surface area contributed by atoms with Gasteiger partial charge in [-0.1, -0.05) is 18.2 Å². The highest BCUT2D eigenvalue weighted by atomic mass is 16.6. The van der Waals surface area contributed by atoms with E-state index in [1.807, 2.05) is 47.4 Å². The van der Waals surface area contributed by atoms with Gasteiger partial charge < -0.3 is 19.7 Å². The van der Waals surface area contributed by atoms with E-state index in [1.54, 1.807) is 10.7 Å². The van der Waals surface area contributed by atoms with Crippen LogP contribution in [0.25, 0.3) is 5.69 Å². The number of carbonyl (C=O) groups excluding carboxylic acids is 1. The summed E-state index contributed by atoms with van der Waals surface area (Å²) in [6, 6.07) is 15.1. The number of nitrogens with zero attached hydrogens (tertiary/aromatic N) is 5. The molecule has 0 aliphatic carbocycles. The number of nitrogens with one attached hydrogen (secondary N) is 1. The van der Waals surface area contributed by atoms with Crippen LogP contribution >= 0.6 is 0 Å². The molecule has 2 aromatic carbocycles. The van der Waals surface area contributed by atoms with E-state index >= 15 is 0 Å². The van der Waals surface area contributed by atoms with Crippen LogP contribution in [0.15, 0.2) is 48.5 Å². The predicted molar refractivity (Wildman–Crippen MR) is 109 cm³/mol. The first-order valence-electron chi connectivity index (χ1n) is 10.1. The third-order valence-corrected chi connectivity index (χ3v) is 5.36. The maximum Gasteiger partial charge on any atom is 0.321 e. The Morgan fingerprint density at radius 2 is 1.90 bits per heavy atom. The van der Waals surface area contributed by atoms with Gasteiger partial charge in [0.15, 0.2) is 17.3 Å². The van der Waals surface area contributed by atoms with Gasteiger partial charge in [0.2, 0.25) is 0 Å². The molecule has 0 saturated carbocycles. The number of hydrogen-bond donors (Lipinski definition) is 1. The Labute approximate surface area is 173 Å². The normalized spacial score (nSPS) is 18.1. The fraction of sp³-hybridized carbons (Fsp3) is 0.333. The molecule has 1 saturated heterocycles. The molecule has 9 nitrogen and oxygen atoms in total. The molecule has 154 valence electrons. The van der Waals surface area contributed by atoms with E-state index in [4.69, 9.17) is 9.47 Å². The number of likely N-dealkylation sites (tertiary alicyclic amines) is 1. The Balaban J connectivity index is 1.29. The van der Waals surface area contributed by atoms with Crippen molar-refractivity contribution in [1.82, 2.24) is 25.1 Å². The van der Waals surface area contributed by atoms with Crippen molar-refractivity contribution in [2.75, 3.05) is 31.6 Å². The standard InChI is InChI=1S/C21H22N6O3/c28-21(22-16-8-9-18-19(13-16)30-12-11-29-18)26-10-4-5-15(14-26)20-23-24-25-27(20)17-6-2-1-3-7-17/h1-3,6-9,13,15H,4-5,10-12,14H2,(H,22,28). The van der Waals surface area contributed by atoms with Gasteiger partial charge >= 0.3 is 6.03 Å². The monoisotopic (exact) mass is 406 g/mol. The number of tetrazole rings is 1. The first-order chi connectivity index (χ1) is 14.8. The zero-order valence-corrected chi connectivity index (χ0v) is 16.4. The van der Waals surface area contributed by atoms with E-state index in [9.17, 15) is 4.79 Å². The summed E-state index contributed by atoms with van der Waals surface area (Å²) in [6.07, 6.45) is 1.82. The van der Waals surface area contributed by atoms with Crippen LogP contribution in [0.1, 0.15) is 24.6 Å². The second kappa shape index (κ2) is 8.02. The molecule has 1 unspecified atom stereocenters. The summed E-state index contributed by atoms with van der Waals surface area (Å²) in [5.74, 6) is 2.20. The molecular weight excluding hydrogens is 384 g/mol. The van der Waals surface area contributed by atoms with E-state index in [1.165, 1.54) is 0 Å². The van der Waals surface area contributed by atoms with Crippen molar-refractivity contribution in [1.29, 1.82) is 0 Å². The van der Waals surface area contributed by atoms with Crippen molar-refractivity contribution < 1.29 is 14.3 Å². The third-order valence-electron chi connectivity index (χ3n) is 5.36. The molecule has 2 amide bonds. The van der Waals surface area contributed by atoms with Crippen LogP contribution in [-0.4, -0.2) is 57.4 Å². The highest BCUT2D eigenvalue weighted by Gasteiger charge is 2.29. The van der Waals surface area contributed by atoms with Crippen molar-refractivity contribution in [3.8, 4) is 17.2 Å². The molecule has 0 spiro atoms. The van der Waals surface area contributed by atoms with Crippen LogP contribution in [0.5, 0.6) is 11.5 Å². The molecular formula is C21H22N6O3. The highest BCUT2D eigenvalue weighted by molar-refractivity contribution is 5.89. The highest BCUT2D eigenvalue weighted by Crippen LogP contribution is 2.33. The van der Waals surface area contributed by atoms with Gasteiger partial charge in [0, 0.05) is 30.8 Å². The topological polar surface area (TPSA) is 94.4 Å². The number of piperidine rings is 1. The lowest BCUT2D eigenvalue weighted by Gasteiger charge is -2.32. The minimum atomic E-state index is -0.143. The number of benzene rings is 2. The molecule has 1 aromatic heterocycles. The number of para-hydroxylation sites is 1. The maximum atomic E-state index is 12.9. The third kappa shape index (κ3) is 3.66. The molecule has 9 heteroatoms. The molecule has 0 bridgehead atoms. The molecule has 30 heavy (non-hydrogen) atoms. The fourth-order valence-electron chi connectivity index (χ4n) is 3.90. The number of carbonyl (C=O) groups is 1. The Morgan fingerprint density at radius 1 is 1.07 bits per heavy atom. The van der Waals surface area contributed by atoms with Gasteiger partial charge in [-0.15, -0.1) is 5.10 Å². The maximum absolute atomic E-state index is 12.9. The van der Waals surface area contributed by atoms with Crippen LogP contribution in [0.2, 0.25) is 0 Å². The first-order valence-corrected chi connectivity index (χ1v) is 10.1. The number of urea groups is 1. The summed E-state index contributed by atoms with van der Waals surface area (Å²) in [5, 5.41) is 15.2. The van der Waals surface area contributed by atoms with Gasteiger partial charge in [-0.2, -0.15) is 4.68 Å². The zero-order chi connectivity index (χ0) is 20.3. The largest absolute Gasteiger partial charge is 0.486 e. The van der Waals surface area contributed by atoms with Crippen molar-refractivity contribution in [2.24, 2.45) is 0 Å². The van der Waals surface area contributed by atoms with E-state index in [2.05, 4.69) is 20.8 Å². The Morgan fingerprint density at radius 3 is 2.77 bits per heavy atom. The molecule has 0 radical (unpaired) electrons. The van der Waals surface area contributed by atoms with E-state index in [0.717, 1.165) is 24.4 Å². The minimum Gasteiger partial charge on any atom is -0.486 e. The van der Waals surface area contributed by atoms with Crippen LogP contribution < -0.4 is 14.8 Å². The zero-order valence-electron chi connectivity index (χ0n) is 16.4. The molecule has 2 aliphatic heterocycles. The molecule has 3 aromatic rings. The molecule has 3 heterocycles. The van der Waals surface area contributed by atoms with Gasteiger partial charge in [-0.05, 0) is 47.5 Å². The van der Waals surface area contributed by atoms with Crippen LogP contribution in [0.3, 0.4) is 0 Å². The molecule has 5 rings (SSSR count). The lowest BCUT2D eigenvalue weighted by atomic mass is 9.97. The second-order valence-electron chi connectivity index (χ2n) is 7.36. The van der Waals surface area contributed by atoms with Crippen LogP contribution in [0.4, 0.5) is 10.5 Å². The SMILES string of the molecule is O=C(Nc1ccc2c(c1)OCCO2)N1CCCC(c2nnnn2-c2ccccc2)C1. The van der Waals surface area contributed by atoms with Gasteiger partial charge in [-0.25, -0.2) is 4.79 Å². The number of aromatic nitrogens is 4. The fourth-order valence-corrected chi connectivity index (χ4v) is 3.90. The summed E-state index contributed by atoms with van der Waals surface area (Å²) < 4.78 is 12.9. The van der Waals surface area contributed by atoms with Crippen LogP contribution in [0, 0.1) is 0 Å². The van der Waals surface area contributed by atoms with Gasteiger partial charge in [-0.3, -0.25) is 0 Å². The first kappa shape index (κ1) is 18.4. The average Bonchev–Trinajstić information content (AvgIpc) is 3.30. The lowest BCUT2D eigenvalue weighted by Crippen LogP contribution is -2.42. The number of fused-ring (bicyclic) bond motifs is 1. The molecule has 1 N–H and O–H groups in total. The smallest absolute Gasteiger partial charge is 0.321 e. The van der Waals surface area contributed by atoms with Crippen molar-refractivity contribution in [3.05, 3.63) is 54.4 Å². The summed E-state index contributed by atoms with van der Waals surface area (Å²) in [4.78, 5) is 14.7. The van der Waals surface area contributed by atoms with Crippen LogP contribution in [-0.2, 0) is 0 Å². The Kier molecular flexibility index (Phi) is 4.92. The summed E-state index contributed by atoms with van der Waals surface area (Å²) in [6.45, 7) is 2.30. The van der Waals surface area contributed by atoms with Crippen molar-refractivity contribution in [3.63, 3.8) is 0 Å². The number of anilines is 1. The Bertz CT molecular complexity index is 1040. The number of hydrogen-bond acceptors (Lipinski definition) is 6. The van der Waals surface area contributed by atoms with E-state index < -0.39 is 0 Å². The van der Waals surface area contributed by atoms with Crippen molar-refractivity contribution in [2.45, 2.75) is 18.8 Å². The quantitative estimate of drug-likeness (QED) is 0.719. The van der Waals surface area contributed by atoms with Crippen molar-refractivity contribution >= 4 is 11.7 Å².